The molecule has 6 nitrogen and oxygen atoms in total. The second-order valence-corrected chi connectivity index (χ2v) is 6.99. The van der Waals surface area contributed by atoms with Crippen LogP contribution in [0.5, 0.6) is 0 Å². The molecule has 7 heteroatoms. The molecule has 0 aromatic carbocycles. The fourth-order valence-corrected chi connectivity index (χ4v) is 2.91. The molecule has 1 saturated carbocycles. The van der Waals surface area contributed by atoms with Crippen LogP contribution >= 0.6 is 11.9 Å². The van der Waals surface area contributed by atoms with Gasteiger partial charge >= 0.3 is 12.1 Å². The average Bonchev–Trinajstić information content (AvgIpc) is 2.19. The van der Waals surface area contributed by atoms with Gasteiger partial charge in [0.05, 0.1) is 11.5 Å². The van der Waals surface area contributed by atoms with E-state index in [1.807, 2.05) is 6.92 Å². The molecule has 106 valence electrons. The molecule has 0 aromatic rings. The van der Waals surface area contributed by atoms with Crippen LogP contribution in [0.3, 0.4) is 0 Å². The van der Waals surface area contributed by atoms with Crippen LogP contribution in [0.1, 0.15) is 40.5 Å². The van der Waals surface area contributed by atoms with Crippen molar-refractivity contribution in [1.29, 1.82) is 5.26 Å². The zero-order valence-electron chi connectivity index (χ0n) is 11.6. The van der Waals surface area contributed by atoms with Crippen LogP contribution in [-0.4, -0.2) is 23.0 Å². The summed E-state index contributed by atoms with van der Waals surface area (Å²) in [5.41, 5.74) is -0.916. The number of alkyl carbamates (subject to hydrolysis) is 1. The van der Waals surface area contributed by atoms with E-state index in [9.17, 15) is 9.59 Å². The van der Waals surface area contributed by atoms with Gasteiger partial charge in [0.15, 0.2) is 0 Å². The molecule has 0 spiro atoms. The van der Waals surface area contributed by atoms with Gasteiger partial charge in [0.1, 0.15) is 5.60 Å². The second kappa shape index (κ2) is 5.70. The Kier molecular flexibility index (Phi) is 4.69. The largest absolute Gasteiger partial charge is 0.443 e. The predicted octanol–water partition coefficient (Wildman–Crippen LogP) is 2.56. The van der Waals surface area contributed by atoms with E-state index in [1.54, 1.807) is 20.8 Å². The maximum absolute atomic E-state index is 11.4. The number of carbonyl (C=O) groups excluding carboxylic acids is 2. The van der Waals surface area contributed by atoms with Crippen molar-refractivity contribution in [2.75, 3.05) is 0 Å². The van der Waals surface area contributed by atoms with Gasteiger partial charge < -0.3 is 4.74 Å². The summed E-state index contributed by atoms with van der Waals surface area (Å²) in [7, 11) is 0. The number of urea groups is 1. The van der Waals surface area contributed by atoms with Crippen molar-refractivity contribution in [2.24, 2.45) is 5.41 Å². The summed E-state index contributed by atoms with van der Waals surface area (Å²) in [6.45, 7) is 7.05. The third-order valence-electron chi connectivity index (χ3n) is 2.56. The summed E-state index contributed by atoms with van der Waals surface area (Å²) in [5, 5.41) is 11.1. The van der Waals surface area contributed by atoms with Crippen LogP contribution < -0.4 is 10.0 Å². The molecule has 0 radical (unpaired) electrons. The van der Waals surface area contributed by atoms with E-state index < -0.39 is 17.7 Å². The maximum atomic E-state index is 11.4. The Labute approximate surface area is 117 Å². The number of hydrogen-bond acceptors (Lipinski definition) is 5. The highest BCUT2D eigenvalue weighted by Crippen LogP contribution is 2.45. The minimum atomic E-state index is -0.777. The van der Waals surface area contributed by atoms with E-state index in [2.05, 4.69) is 16.1 Å². The molecule has 1 aliphatic rings. The summed E-state index contributed by atoms with van der Waals surface area (Å²) in [4.78, 5) is 22.7. The Hall–Kier alpha value is -1.42. The van der Waals surface area contributed by atoms with E-state index in [4.69, 9.17) is 10.00 Å². The molecule has 1 rings (SSSR count). The summed E-state index contributed by atoms with van der Waals surface area (Å²) in [5.74, 6) is 0. The van der Waals surface area contributed by atoms with Crippen molar-refractivity contribution in [3.05, 3.63) is 0 Å². The fraction of sp³-hybridized carbons (Fsp3) is 0.750. The summed E-state index contributed by atoms with van der Waals surface area (Å²) in [6.07, 6.45) is 0.697. The first kappa shape index (κ1) is 15.6. The van der Waals surface area contributed by atoms with Gasteiger partial charge in [-0.2, -0.15) is 5.26 Å². The van der Waals surface area contributed by atoms with Gasteiger partial charge in [-0.3, -0.25) is 4.72 Å². The van der Waals surface area contributed by atoms with E-state index in [-0.39, 0.29) is 10.7 Å². The Balaban J connectivity index is 2.20. The third kappa shape index (κ3) is 5.39. The minimum absolute atomic E-state index is 0.217. The van der Waals surface area contributed by atoms with Crippen molar-refractivity contribution in [1.82, 2.24) is 10.0 Å². The molecule has 3 amide bonds. The maximum Gasteiger partial charge on any atom is 0.415 e. The molecular weight excluding hydrogens is 266 g/mol. The van der Waals surface area contributed by atoms with Gasteiger partial charge in [-0.15, -0.1) is 0 Å². The number of imide groups is 1. The number of nitriles is 1. The van der Waals surface area contributed by atoms with Gasteiger partial charge in [-0.05, 0) is 52.5 Å². The van der Waals surface area contributed by atoms with Crippen LogP contribution in [-0.2, 0) is 4.74 Å². The van der Waals surface area contributed by atoms with E-state index in [0.29, 0.717) is 0 Å². The van der Waals surface area contributed by atoms with Gasteiger partial charge in [0, 0.05) is 5.25 Å². The predicted molar refractivity (Wildman–Crippen MR) is 72.2 cm³/mol. The highest BCUT2D eigenvalue weighted by molar-refractivity contribution is 7.98. The molecule has 19 heavy (non-hydrogen) atoms. The number of rotatable bonds is 2. The van der Waals surface area contributed by atoms with Crippen molar-refractivity contribution >= 4 is 24.1 Å². The zero-order valence-corrected chi connectivity index (χ0v) is 12.4. The molecule has 1 fully saturated rings. The number of ether oxygens (including phenoxy) is 1. The first-order valence-corrected chi connectivity index (χ1v) is 6.88. The van der Waals surface area contributed by atoms with Crippen molar-refractivity contribution in [3.63, 3.8) is 0 Å². The molecule has 0 aromatic heterocycles. The van der Waals surface area contributed by atoms with E-state index in [0.717, 1.165) is 12.8 Å². The lowest BCUT2D eigenvalue weighted by atomic mass is 9.71. The van der Waals surface area contributed by atoms with Gasteiger partial charge in [-0.1, -0.05) is 0 Å². The SMILES string of the molecule is CC1(C#N)CC(SNC(=O)NC(=O)OC(C)(C)C)C1. The smallest absolute Gasteiger partial charge is 0.415 e. The van der Waals surface area contributed by atoms with Crippen LogP contribution in [0.15, 0.2) is 0 Å². The Morgan fingerprint density at radius 2 is 2.00 bits per heavy atom. The normalized spacial score (nSPS) is 25.7. The standard InChI is InChI=1S/C12H19N3O3S/c1-11(2,3)18-10(17)14-9(16)15-19-8-5-12(4,6-8)7-13/h8H,5-6H2,1-4H3,(H2,14,15,16,17). The molecule has 0 heterocycles. The van der Waals surface area contributed by atoms with Gasteiger partial charge in [0.25, 0.3) is 0 Å². The Morgan fingerprint density at radius 3 is 2.47 bits per heavy atom. The molecular formula is C12H19N3O3S. The lowest BCUT2D eigenvalue weighted by molar-refractivity contribution is 0.0549. The van der Waals surface area contributed by atoms with Crippen molar-refractivity contribution in [2.45, 2.75) is 51.4 Å². The van der Waals surface area contributed by atoms with Crippen LogP contribution in [0.4, 0.5) is 9.59 Å². The number of carbonyl (C=O) groups is 2. The quantitative estimate of drug-likeness (QED) is 0.761. The topological polar surface area (TPSA) is 91.2 Å². The lowest BCUT2D eigenvalue weighted by Crippen LogP contribution is -2.42. The highest BCUT2D eigenvalue weighted by Gasteiger charge is 2.41. The average molecular weight is 285 g/mol. The lowest BCUT2D eigenvalue weighted by Gasteiger charge is -2.38. The summed E-state index contributed by atoms with van der Waals surface area (Å²) >= 11 is 1.23. The first-order valence-electron chi connectivity index (χ1n) is 6.00. The number of amides is 3. The molecule has 0 atom stereocenters. The van der Waals surface area contributed by atoms with E-state index in [1.165, 1.54) is 11.9 Å². The fourth-order valence-electron chi connectivity index (χ4n) is 1.68. The zero-order chi connectivity index (χ0) is 14.7. The van der Waals surface area contributed by atoms with Crippen LogP contribution in [0.25, 0.3) is 0 Å². The van der Waals surface area contributed by atoms with Gasteiger partial charge in [-0.25, -0.2) is 14.9 Å². The van der Waals surface area contributed by atoms with Gasteiger partial charge in [0.2, 0.25) is 0 Å². The molecule has 0 aliphatic heterocycles. The third-order valence-corrected chi connectivity index (χ3v) is 3.53. The minimum Gasteiger partial charge on any atom is -0.443 e. The molecule has 0 saturated heterocycles. The van der Waals surface area contributed by atoms with Crippen molar-refractivity contribution in [3.8, 4) is 6.07 Å². The molecule has 1 aliphatic carbocycles. The first-order chi connectivity index (χ1) is 8.63. The number of hydrogen-bond donors (Lipinski definition) is 2. The summed E-state index contributed by atoms with van der Waals surface area (Å²) in [6, 6.07) is 1.63. The monoisotopic (exact) mass is 285 g/mol. The van der Waals surface area contributed by atoms with Crippen LogP contribution in [0, 0.1) is 16.7 Å². The Bertz CT molecular complexity index is 405. The summed E-state index contributed by atoms with van der Waals surface area (Å²) < 4.78 is 7.46. The highest BCUT2D eigenvalue weighted by atomic mass is 32.2. The molecule has 0 bridgehead atoms. The number of nitrogens with one attached hydrogen (secondary N) is 2. The number of nitrogens with zero attached hydrogens (tertiary/aromatic N) is 1. The van der Waals surface area contributed by atoms with Crippen molar-refractivity contribution < 1.29 is 14.3 Å². The van der Waals surface area contributed by atoms with E-state index >= 15 is 0 Å². The second-order valence-electron chi connectivity index (χ2n) is 5.88. The molecule has 0 unspecified atom stereocenters. The Morgan fingerprint density at radius 1 is 1.42 bits per heavy atom. The van der Waals surface area contributed by atoms with Crippen LogP contribution in [0.2, 0.25) is 0 Å². The molecule has 2 N–H and O–H groups in total.